The predicted molar refractivity (Wildman–Crippen MR) is 96.9 cm³/mol. The monoisotopic (exact) mass is 345 g/mol. The Morgan fingerprint density at radius 1 is 0.846 bits per heavy atom. The molecule has 0 aromatic heterocycles. The number of hydrogen-bond acceptors (Lipinski definition) is 3. The van der Waals surface area contributed by atoms with Gasteiger partial charge < -0.3 is 0 Å². The summed E-state index contributed by atoms with van der Waals surface area (Å²) >= 11 is 0. The van der Waals surface area contributed by atoms with Gasteiger partial charge >= 0.3 is 0 Å². The number of fused-ring (bicyclic) bond motifs is 1. The number of imide groups is 1. The third-order valence-corrected chi connectivity index (χ3v) is 6.51. The Labute approximate surface area is 151 Å². The molecule has 1 saturated carbocycles. The predicted octanol–water partition coefficient (Wildman–Crippen LogP) is 3.26. The largest absolute Gasteiger partial charge is 0.299 e. The van der Waals surface area contributed by atoms with Gasteiger partial charge in [0.15, 0.2) is 0 Å². The van der Waals surface area contributed by atoms with Crippen molar-refractivity contribution >= 4 is 23.3 Å². The van der Waals surface area contributed by atoms with Gasteiger partial charge in [0.25, 0.3) is 0 Å². The normalized spacial score (nSPS) is 29.2. The minimum Gasteiger partial charge on any atom is -0.299 e. The molecule has 0 N–H and O–H groups in total. The van der Waals surface area contributed by atoms with Crippen molar-refractivity contribution in [1.29, 1.82) is 0 Å². The van der Waals surface area contributed by atoms with Gasteiger partial charge in [0.05, 0.1) is 23.4 Å². The van der Waals surface area contributed by atoms with E-state index >= 15 is 0 Å². The van der Waals surface area contributed by atoms with Crippen LogP contribution in [0.4, 0.5) is 5.69 Å². The van der Waals surface area contributed by atoms with E-state index < -0.39 is 17.8 Å². The Balaban J connectivity index is 1.68. The second kappa shape index (κ2) is 5.13. The molecule has 1 saturated heterocycles. The number of anilines is 1. The summed E-state index contributed by atoms with van der Waals surface area (Å²) < 4.78 is 0. The average molecular weight is 345 g/mol. The Bertz CT molecular complexity index is 993. The molecule has 4 nitrogen and oxygen atoms in total. The van der Waals surface area contributed by atoms with Gasteiger partial charge in [0.2, 0.25) is 11.8 Å². The molecule has 6 rings (SSSR count). The average Bonchev–Trinajstić information content (AvgIpc) is 2.90. The van der Waals surface area contributed by atoms with Gasteiger partial charge in [-0.2, -0.15) is 0 Å². The molecule has 130 valence electrons. The number of carbonyl (C=O) groups is 3. The summed E-state index contributed by atoms with van der Waals surface area (Å²) in [5.41, 5.74) is 4.65. The summed E-state index contributed by atoms with van der Waals surface area (Å²) in [6.45, 7) is 3.90. The van der Waals surface area contributed by atoms with Gasteiger partial charge in [-0.05, 0) is 42.2 Å². The third kappa shape index (κ3) is 1.77. The minimum atomic E-state index is -0.552. The molecule has 2 amide bonds. The highest BCUT2D eigenvalue weighted by atomic mass is 16.2. The first-order chi connectivity index (χ1) is 12.5. The zero-order valence-electron chi connectivity index (χ0n) is 14.7. The summed E-state index contributed by atoms with van der Waals surface area (Å²) in [5, 5.41) is 0. The lowest BCUT2D eigenvalue weighted by Crippen LogP contribution is -2.44. The number of hydrogen-bond donors (Lipinski definition) is 0. The number of carbonyl (C=O) groups excluding carboxylic acids is 3. The zero-order valence-corrected chi connectivity index (χ0v) is 14.7. The fourth-order valence-corrected chi connectivity index (χ4v) is 5.17. The van der Waals surface area contributed by atoms with Gasteiger partial charge in [-0.1, -0.05) is 36.4 Å². The van der Waals surface area contributed by atoms with Crippen molar-refractivity contribution < 1.29 is 14.4 Å². The molecule has 2 aromatic rings. The number of benzene rings is 2. The Morgan fingerprint density at radius 3 is 2.31 bits per heavy atom. The fourth-order valence-electron chi connectivity index (χ4n) is 5.17. The molecular weight excluding hydrogens is 326 g/mol. The van der Waals surface area contributed by atoms with Crippen LogP contribution in [0.15, 0.2) is 42.5 Å². The van der Waals surface area contributed by atoms with E-state index in [1.807, 2.05) is 56.3 Å². The van der Waals surface area contributed by atoms with Crippen molar-refractivity contribution in [3.05, 3.63) is 64.7 Å². The van der Waals surface area contributed by atoms with E-state index in [9.17, 15) is 14.4 Å². The molecule has 26 heavy (non-hydrogen) atoms. The number of nitrogens with zero attached hydrogens (tertiary/aromatic N) is 1. The second-order valence-electron chi connectivity index (χ2n) is 7.67. The molecule has 0 radical (unpaired) electrons. The van der Waals surface area contributed by atoms with E-state index in [-0.39, 0.29) is 23.5 Å². The summed E-state index contributed by atoms with van der Waals surface area (Å²) in [5.74, 6) is -1.90. The number of rotatable bonds is 1. The summed E-state index contributed by atoms with van der Waals surface area (Å²) in [6.07, 6.45) is 0.364. The first-order valence-corrected chi connectivity index (χ1v) is 9.06. The first-order valence-electron chi connectivity index (χ1n) is 9.06. The van der Waals surface area contributed by atoms with Crippen molar-refractivity contribution in [3.8, 4) is 0 Å². The van der Waals surface area contributed by atoms with Gasteiger partial charge in [-0.15, -0.1) is 0 Å². The van der Waals surface area contributed by atoms with Crippen LogP contribution in [0.2, 0.25) is 0 Å². The van der Waals surface area contributed by atoms with Crippen LogP contribution in [0.25, 0.3) is 0 Å². The van der Waals surface area contributed by atoms with Crippen LogP contribution in [0.3, 0.4) is 0 Å². The zero-order chi connectivity index (χ0) is 18.2. The molecule has 4 aliphatic rings. The molecule has 4 heteroatoms. The first kappa shape index (κ1) is 15.5. The highest BCUT2D eigenvalue weighted by molar-refractivity contribution is 6.25. The van der Waals surface area contributed by atoms with E-state index in [1.54, 1.807) is 0 Å². The van der Waals surface area contributed by atoms with E-state index in [2.05, 4.69) is 0 Å². The molecular formula is C22H19NO3. The van der Waals surface area contributed by atoms with E-state index in [0.29, 0.717) is 12.1 Å². The smallest absolute Gasteiger partial charge is 0.238 e. The molecule has 1 aliphatic heterocycles. The molecule has 1 heterocycles. The third-order valence-electron chi connectivity index (χ3n) is 6.51. The van der Waals surface area contributed by atoms with E-state index in [1.165, 1.54) is 4.90 Å². The lowest BCUT2D eigenvalue weighted by molar-refractivity contribution is -0.134. The van der Waals surface area contributed by atoms with Crippen LogP contribution in [0.1, 0.15) is 40.5 Å². The van der Waals surface area contributed by atoms with Crippen molar-refractivity contribution in [2.24, 2.45) is 11.8 Å². The van der Waals surface area contributed by atoms with Gasteiger partial charge in [0, 0.05) is 12.3 Å². The number of ketones is 1. The topological polar surface area (TPSA) is 54.5 Å². The second-order valence-corrected chi connectivity index (χ2v) is 7.67. The number of amides is 2. The molecule has 3 aliphatic carbocycles. The lowest BCUT2D eigenvalue weighted by atomic mass is 9.56. The Morgan fingerprint density at radius 2 is 1.54 bits per heavy atom. The fraction of sp³-hybridized carbons (Fsp3) is 0.318. The molecule has 0 unspecified atom stereocenters. The van der Waals surface area contributed by atoms with Crippen LogP contribution in [0, 0.1) is 25.7 Å². The maximum absolute atomic E-state index is 13.3. The highest BCUT2D eigenvalue weighted by Gasteiger charge is 2.62. The standard InChI is InChI=1S/C22H19NO3/c1-11-6-5-9-16(12(11)2)23-21(25)19-15-10-17(24)18(20(19)22(23)26)14-8-4-3-7-13(14)15/h3-9,15,18-20H,10H2,1-2H3/t15-,18+,19-,20-/m1/s1. The van der Waals surface area contributed by atoms with Crippen molar-refractivity contribution in [2.75, 3.05) is 4.90 Å². The molecule has 2 fully saturated rings. The number of Topliss-reactive ketones (excluding diaryl/α,β-unsaturated/α-hetero) is 1. The maximum atomic E-state index is 13.3. The van der Waals surface area contributed by atoms with Crippen LogP contribution < -0.4 is 4.90 Å². The summed E-state index contributed by atoms with van der Waals surface area (Å²) in [7, 11) is 0. The van der Waals surface area contributed by atoms with Crippen LogP contribution >= 0.6 is 0 Å². The van der Waals surface area contributed by atoms with Gasteiger partial charge in [0.1, 0.15) is 5.78 Å². The summed E-state index contributed by atoms with van der Waals surface area (Å²) in [4.78, 5) is 40.7. The molecule has 2 bridgehead atoms. The van der Waals surface area contributed by atoms with Crippen molar-refractivity contribution in [1.82, 2.24) is 0 Å². The minimum absolute atomic E-state index is 0.0962. The summed E-state index contributed by atoms with van der Waals surface area (Å²) in [6, 6.07) is 13.5. The number of aryl methyl sites for hydroxylation is 1. The quantitative estimate of drug-likeness (QED) is 0.746. The van der Waals surface area contributed by atoms with Crippen LogP contribution in [-0.2, 0) is 14.4 Å². The maximum Gasteiger partial charge on any atom is 0.238 e. The lowest BCUT2D eigenvalue weighted by Gasteiger charge is -2.43. The molecule has 2 aromatic carbocycles. The van der Waals surface area contributed by atoms with Crippen molar-refractivity contribution in [2.45, 2.75) is 32.1 Å². The highest BCUT2D eigenvalue weighted by Crippen LogP contribution is 2.57. The van der Waals surface area contributed by atoms with Gasteiger partial charge in [-0.25, -0.2) is 4.90 Å². The Hall–Kier alpha value is -2.75. The van der Waals surface area contributed by atoms with Gasteiger partial charge in [-0.3, -0.25) is 14.4 Å². The molecule has 0 spiro atoms. The SMILES string of the molecule is Cc1cccc(N2C(=O)[C@H]3[C@H](C2=O)[C@@H]2C(=O)C[C@@H]3c3ccccc32)c1C. The van der Waals surface area contributed by atoms with Crippen LogP contribution in [-0.4, -0.2) is 17.6 Å². The Kier molecular flexibility index (Phi) is 3.06. The molecule has 4 atom stereocenters. The van der Waals surface area contributed by atoms with E-state index in [4.69, 9.17) is 0 Å². The van der Waals surface area contributed by atoms with Crippen molar-refractivity contribution in [3.63, 3.8) is 0 Å². The van der Waals surface area contributed by atoms with E-state index in [0.717, 1.165) is 22.3 Å². The van der Waals surface area contributed by atoms with Crippen LogP contribution in [0.5, 0.6) is 0 Å².